The number of carbonyl (C=O) groups excluding carboxylic acids is 2. The third-order valence-corrected chi connectivity index (χ3v) is 4.29. The number of esters is 1. The Labute approximate surface area is 180 Å². The standard InChI is InChI=1S/C22H16BrFN2O4/c23-17-5-3-16(4-6-17)22(28)30-20-9-1-15(2-10-20)13-25-26-21(27)14-29-19-11-7-18(24)8-12-19/h1-13H,14H2,(H,26,27)/b25-13-. The lowest BCUT2D eigenvalue weighted by Gasteiger charge is -2.05. The van der Waals surface area contributed by atoms with E-state index in [1.165, 1.54) is 30.5 Å². The molecule has 0 aromatic heterocycles. The molecule has 0 heterocycles. The van der Waals surface area contributed by atoms with Gasteiger partial charge in [-0.1, -0.05) is 15.9 Å². The summed E-state index contributed by atoms with van der Waals surface area (Å²) in [5.74, 6) is -0.543. The number of benzene rings is 3. The van der Waals surface area contributed by atoms with Crippen LogP contribution in [0.3, 0.4) is 0 Å². The summed E-state index contributed by atoms with van der Waals surface area (Å²) in [6.45, 7) is -0.256. The van der Waals surface area contributed by atoms with E-state index in [1.54, 1.807) is 48.5 Å². The summed E-state index contributed by atoms with van der Waals surface area (Å²) in [5, 5.41) is 3.84. The van der Waals surface area contributed by atoms with Gasteiger partial charge in [0, 0.05) is 4.47 Å². The molecule has 1 N–H and O–H groups in total. The van der Waals surface area contributed by atoms with Crippen LogP contribution >= 0.6 is 15.9 Å². The zero-order chi connectivity index (χ0) is 21.3. The molecule has 8 heteroatoms. The average Bonchev–Trinajstić information content (AvgIpc) is 2.75. The van der Waals surface area contributed by atoms with Gasteiger partial charge in [0.15, 0.2) is 6.61 Å². The van der Waals surface area contributed by atoms with Crippen molar-refractivity contribution in [1.29, 1.82) is 0 Å². The fourth-order valence-corrected chi connectivity index (χ4v) is 2.53. The Morgan fingerprint density at radius 1 is 0.933 bits per heavy atom. The average molecular weight is 471 g/mol. The zero-order valence-electron chi connectivity index (χ0n) is 15.5. The van der Waals surface area contributed by atoms with Crippen LogP contribution in [-0.2, 0) is 4.79 Å². The molecule has 3 rings (SSSR count). The van der Waals surface area contributed by atoms with Gasteiger partial charge in [0.1, 0.15) is 17.3 Å². The van der Waals surface area contributed by atoms with Crippen LogP contribution in [-0.4, -0.2) is 24.7 Å². The molecule has 0 saturated heterocycles. The molecular weight excluding hydrogens is 455 g/mol. The van der Waals surface area contributed by atoms with Gasteiger partial charge < -0.3 is 9.47 Å². The Bertz CT molecular complexity index is 1040. The minimum atomic E-state index is -0.462. The Hall–Kier alpha value is -3.52. The van der Waals surface area contributed by atoms with Crippen LogP contribution in [0, 0.1) is 5.82 Å². The molecule has 0 atom stereocenters. The lowest BCUT2D eigenvalue weighted by Crippen LogP contribution is -2.24. The van der Waals surface area contributed by atoms with Crippen molar-refractivity contribution in [3.63, 3.8) is 0 Å². The van der Waals surface area contributed by atoms with Crippen molar-refractivity contribution in [2.45, 2.75) is 0 Å². The highest BCUT2D eigenvalue weighted by atomic mass is 79.9. The van der Waals surface area contributed by atoms with Crippen molar-refractivity contribution in [3.05, 3.63) is 94.2 Å². The van der Waals surface area contributed by atoms with E-state index in [9.17, 15) is 14.0 Å². The number of nitrogens with one attached hydrogen (secondary N) is 1. The SMILES string of the molecule is O=C(COc1ccc(F)cc1)N/N=C\c1ccc(OC(=O)c2ccc(Br)cc2)cc1. The first-order valence-corrected chi connectivity index (χ1v) is 9.57. The number of hydrogen-bond acceptors (Lipinski definition) is 5. The summed E-state index contributed by atoms with van der Waals surface area (Å²) in [7, 11) is 0. The third-order valence-electron chi connectivity index (χ3n) is 3.76. The molecule has 3 aromatic rings. The molecule has 0 bridgehead atoms. The number of carbonyl (C=O) groups is 2. The van der Waals surface area contributed by atoms with Gasteiger partial charge in [-0.2, -0.15) is 5.10 Å². The number of rotatable bonds is 7. The third kappa shape index (κ3) is 6.52. The first-order valence-electron chi connectivity index (χ1n) is 8.78. The number of hydrazone groups is 1. The summed E-state index contributed by atoms with van der Waals surface area (Å²) < 4.78 is 24.2. The molecule has 0 aliphatic carbocycles. The minimum Gasteiger partial charge on any atom is -0.484 e. The van der Waals surface area contributed by atoms with Gasteiger partial charge in [0.2, 0.25) is 0 Å². The minimum absolute atomic E-state index is 0.256. The van der Waals surface area contributed by atoms with E-state index in [1.807, 2.05) is 0 Å². The van der Waals surface area contributed by atoms with Crippen LogP contribution in [0.15, 0.2) is 82.4 Å². The molecule has 1 amide bonds. The molecule has 0 aliphatic heterocycles. The van der Waals surface area contributed by atoms with Gasteiger partial charge >= 0.3 is 5.97 Å². The molecule has 0 radical (unpaired) electrons. The molecule has 152 valence electrons. The quantitative estimate of drug-likeness (QED) is 0.241. The largest absolute Gasteiger partial charge is 0.484 e. The molecule has 0 spiro atoms. The molecular formula is C22H16BrFN2O4. The fraction of sp³-hybridized carbons (Fsp3) is 0.0455. The van der Waals surface area contributed by atoms with Crippen molar-refractivity contribution in [2.75, 3.05) is 6.61 Å². The van der Waals surface area contributed by atoms with E-state index in [-0.39, 0.29) is 12.4 Å². The first-order chi connectivity index (χ1) is 14.5. The maximum absolute atomic E-state index is 12.8. The molecule has 0 aliphatic rings. The number of ether oxygens (including phenoxy) is 2. The van der Waals surface area contributed by atoms with E-state index >= 15 is 0 Å². The second-order valence-corrected chi connectivity index (χ2v) is 6.92. The number of halogens is 2. The van der Waals surface area contributed by atoms with Crippen molar-refractivity contribution in [2.24, 2.45) is 5.10 Å². The molecule has 0 saturated carbocycles. The molecule has 3 aromatic carbocycles. The van der Waals surface area contributed by atoms with Gasteiger partial charge in [0.25, 0.3) is 5.91 Å². The smallest absolute Gasteiger partial charge is 0.343 e. The van der Waals surface area contributed by atoms with Crippen LogP contribution < -0.4 is 14.9 Å². The van der Waals surface area contributed by atoms with Crippen molar-refractivity contribution in [3.8, 4) is 11.5 Å². The molecule has 6 nitrogen and oxygen atoms in total. The van der Waals surface area contributed by atoms with Gasteiger partial charge in [-0.05, 0) is 78.4 Å². The summed E-state index contributed by atoms with van der Waals surface area (Å²) in [5.41, 5.74) is 3.46. The van der Waals surface area contributed by atoms with Crippen LogP contribution in [0.2, 0.25) is 0 Å². The molecule has 30 heavy (non-hydrogen) atoms. The maximum atomic E-state index is 12.8. The molecule has 0 fully saturated rings. The number of hydrogen-bond donors (Lipinski definition) is 1. The Kier molecular flexibility index (Phi) is 7.29. The zero-order valence-corrected chi connectivity index (χ0v) is 17.1. The molecule has 0 unspecified atom stereocenters. The highest BCUT2D eigenvalue weighted by Crippen LogP contribution is 2.16. The van der Waals surface area contributed by atoms with Gasteiger partial charge in [0.05, 0.1) is 11.8 Å². The van der Waals surface area contributed by atoms with Gasteiger partial charge in [-0.15, -0.1) is 0 Å². The van der Waals surface area contributed by atoms with E-state index in [4.69, 9.17) is 9.47 Å². The first kappa shape index (κ1) is 21.2. The van der Waals surface area contributed by atoms with Crippen LogP contribution in [0.4, 0.5) is 4.39 Å². The Morgan fingerprint density at radius 2 is 1.57 bits per heavy atom. The lowest BCUT2D eigenvalue weighted by atomic mass is 10.2. The van der Waals surface area contributed by atoms with Crippen molar-refractivity contribution < 1.29 is 23.5 Å². The topological polar surface area (TPSA) is 77.0 Å². The highest BCUT2D eigenvalue weighted by Gasteiger charge is 2.08. The lowest BCUT2D eigenvalue weighted by molar-refractivity contribution is -0.123. The van der Waals surface area contributed by atoms with Crippen LogP contribution in [0.1, 0.15) is 15.9 Å². The second-order valence-electron chi connectivity index (χ2n) is 6.00. The number of amides is 1. The van der Waals surface area contributed by atoms with Crippen LogP contribution in [0.25, 0.3) is 0 Å². The summed E-state index contributed by atoms with van der Waals surface area (Å²) in [6.07, 6.45) is 1.44. The highest BCUT2D eigenvalue weighted by molar-refractivity contribution is 9.10. The fourth-order valence-electron chi connectivity index (χ4n) is 2.26. The normalized spacial score (nSPS) is 10.6. The van der Waals surface area contributed by atoms with E-state index in [0.29, 0.717) is 22.6 Å². The van der Waals surface area contributed by atoms with E-state index in [0.717, 1.165) is 4.47 Å². The van der Waals surface area contributed by atoms with Crippen molar-refractivity contribution >= 4 is 34.0 Å². The summed E-state index contributed by atoms with van der Waals surface area (Å²) in [6, 6.07) is 18.8. The van der Waals surface area contributed by atoms with E-state index < -0.39 is 11.9 Å². The van der Waals surface area contributed by atoms with Gasteiger partial charge in [-0.25, -0.2) is 14.6 Å². The predicted octanol–water partition coefficient (Wildman–Crippen LogP) is 4.34. The van der Waals surface area contributed by atoms with Crippen LogP contribution in [0.5, 0.6) is 11.5 Å². The summed E-state index contributed by atoms with van der Waals surface area (Å²) >= 11 is 3.31. The second kappa shape index (κ2) is 10.3. The Morgan fingerprint density at radius 3 is 2.23 bits per heavy atom. The summed E-state index contributed by atoms with van der Waals surface area (Å²) in [4.78, 5) is 23.8. The van der Waals surface area contributed by atoms with Crippen molar-refractivity contribution in [1.82, 2.24) is 5.43 Å². The number of nitrogens with zero attached hydrogens (tertiary/aromatic N) is 1. The van der Waals surface area contributed by atoms with Gasteiger partial charge in [-0.3, -0.25) is 4.79 Å². The monoisotopic (exact) mass is 470 g/mol. The van der Waals surface area contributed by atoms with E-state index in [2.05, 4.69) is 26.5 Å². The predicted molar refractivity (Wildman–Crippen MR) is 113 cm³/mol. The Balaban J connectivity index is 1.45. The maximum Gasteiger partial charge on any atom is 0.343 e.